The van der Waals surface area contributed by atoms with Crippen LogP contribution >= 0.6 is 0 Å². The first-order chi connectivity index (χ1) is 13.3. The van der Waals surface area contributed by atoms with Gasteiger partial charge in [0, 0.05) is 45.6 Å². The third-order valence-electron chi connectivity index (χ3n) is 5.14. The predicted octanol–water partition coefficient (Wildman–Crippen LogP) is 0.910. The number of hydrogen-bond acceptors (Lipinski definition) is 8. The van der Waals surface area contributed by atoms with E-state index < -0.39 is 6.35 Å². The first kappa shape index (κ1) is 18.5. The molecule has 1 atom stereocenters. The number of anilines is 1. The summed E-state index contributed by atoms with van der Waals surface area (Å²) in [5.41, 5.74) is 8.23. The lowest BCUT2D eigenvalue weighted by Gasteiger charge is -2.44. The summed E-state index contributed by atoms with van der Waals surface area (Å²) in [4.78, 5) is 4.66. The molecule has 148 valence electrons. The molecular formula is C19H29N5O3. The van der Waals surface area contributed by atoms with Gasteiger partial charge in [0.25, 0.3) is 0 Å². The highest BCUT2D eigenvalue weighted by Gasteiger charge is 2.34. The van der Waals surface area contributed by atoms with E-state index in [1.807, 2.05) is 19.1 Å². The molecule has 0 amide bonds. The van der Waals surface area contributed by atoms with Crippen LogP contribution in [0.3, 0.4) is 0 Å². The van der Waals surface area contributed by atoms with Gasteiger partial charge in [-0.1, -0.05) is 6.07 Å². The molecule has 0 aliphatic carbocycles. The molecular weight excluding hydrogens is 346 g/mol. The second kappa shape index (κ2) is 8.43. The van der Waals surface area contributed by atoms with Gasteiger partial charge in [-0.15, -0.1) is 0 Å². The van der Waals surface area contributed by atoms with Crippen molar-refractivity contribution in [2.24, 2.45) is 10.7 Å². The average molecular weight is 375 g/mol. The second-order valence-corrected chi connectivity index (χ2v) is 6.92. The maximum Gasteiger partial charge on any atom is 0.243 e. The molecule has 2 fully saturated rings. The molecule has 3 heterocycles. The van der Waals surface area contributed by atoms with Gasteiger partial charge in [0.15, 0.2) is 0 Å². The summed E-state index contributed by atoms with van der Waals surface area (Å²) < 4.78 is 17.7. The molecule has 1 unspecified atom stereocenters. The number of nitrogens with zero attached hydrogens (tertiary/aromatic N) is 3. The number of fused-ring (bicyclic) bond motifs is 1. The summed E-state index contributed by atoms with van der Waals surface area (Å²) in [6, 6.07) is 6.07. The minimum Gasteiger partial charge on any atom is -0.489 e. The summed E-state index contributed by atoms with van der Waals surface area (Å²) in [5, 5.41) is 7.81. The van der Waals surface area contributed by atoms with Gasteiger partial charge in [-0.05, 0) is 19.1 Å². The number of aliphatic imine (C=N–C) groups is 1. The summed E-state index contributed by atoms with van der Waals surface area (Å²) in [6.07, 6.45) is 1.49. The van der Waals surface area contributed by atoms with E-state index in [-0.39, 0.29) is 6.10 Å². The minimum absolute atomic E-state index is 0.148. The molecule has 8 nitrogen and oxygen atoms in total. The van der Waals surface area contributed by atoms with E-state index in [0.29, 0.717) is 12.4 Å². The first-order valence-corrected chi connectivity index (χ1v) is 9.85. The van der Waals surface area contributed by atoms with Crippen molar-refractivity contribution in [3.63, 3.8) is 0 Å². The van der Waals surface area contributed by atoms with Crippen molar-refractivity contribution in [3.8, 4) is 5.75 Å². The normalized spacial score (nSPS) is 24.4. The number of amidine groups is 1. The van der Waals surface area contributed by atoms with Crippen LogP contribution in [0, 0.1) is 0 Å². The summed E-state index contributed by atoms with van der Waals surface area (Å²) in [5.74, 6) is 1.26. The molecule has 4 rings (SSSR count). The summed E-state index contributed by atoms with van der Waals surface area (Å²) in [6.45, 7) is 7.67. The Balaban J connectivity index is 1.68. The standard InChI is InChI=1S/C19H29N5O3/c1-2-26-19-22-18(20)17-15(24(19)23-10-8-21-9-11-23)4-3-5-16(17)27-14-6-12-25-13-7-14/h3-5,14,19,21H,2,6-13H2,1H3,(H2,20,22). The molecule has 3 aliphatic heterocycles. The summed E-state index contributed by atoms with van der Waals surface area (Å²) >= 11 is 0. The van der Waals surface area contributed by atoms with Crippen LogP contribution in [0.15, 0.2) is 23.2 Å². The molecule has 0 aromatic heterocycles. The zero-order chi connectivity index (χ0) is 18.6. The van der Waals surface area contributed by atoms with Gasteiger partial charge in [0.05, 0.1) is 24.5 Å². The predicted molar refractivity (Wildman–Crippen MR) is 104 cm³/mol. The highest BCUT2D eigenvalue weighted by atomic mass is 16.5. The Labute approximate surface area is 160 Å². The van der Waals surface area contributed by atoms with Gasteiger partial charge in [0.2, 0.25) is 6.35 Å². The van der Waals surface area contributed by atoms with E-state index in [4.69, 9.17) is 19.9 Å². The van der Waals surface area contributed by atoms with E-state index in [9.17, 15) is 0 Å². The molecule has 27 heavy (non-hydrogen) atoms. The van der Waals surface area contributed by atoms with Crippen molar-refractivity contribution in [2.75, 3.05) is 51.0 Å². The molecule has 0 radical (unpaired) electrons. The Hall–Kier alpha value is -1.87. The topological polar surface area (TPSA) is 84.6 Å². The minimum atomic E-state index is -0.445. The SMILES string of the molecule is CCOC1N=C(N)c2c(OC3CCOCC3)cccc2N1N1CCNCC1. The first-order valence-electron chi connectivity index (χ1n) is 9.85. The average Bonchev–Trinajstić information content (AvgIpc) is 2.70. The van der Waals surface area contributed by atoms with Gasteiger partial charge >= 0.3 is 0 Å². The fraction of sp³-hybridized carbons (Fsp3) is 0.632. The molecule has 2 saturated heterocycles. The Morgan fingerprint density at radius 3 is 2.78 bits per heavy atom. The Kier molecular flexibility index (Phi) is 5.77. The number of rotatable bonds is 5. The largest absolute Gasteiger partial charge is 0.489 e. The number of benzene rings is 1. The van der Waals surface area contributed by atoms with E-state index in [2.05, 4.69) is 26.4 Å². The van der Waals surface area contributed by atoms with Crippen molar-refractivity contribution in [2.45, 2.75) is 32.2 Å². The quantitative estimate of drug-likeness (QED) is 0.791. The van der Waals surface area contributed by atoms with Gasteiger partial charge in [-0.25, -0.2) is 10.0 Å². The second-order valence-electron chi connectivity index (χ2n) is 6.92. The number of nitrogens with two attached hydrogens (primary N) is 1. The van der Waals surface area contributed by atoms with Crippen molar-refractivity contribution < 1.29 is 14.2 Å². The smallest absolute Gasteiger partial charge is 0.243 e. The van der Waals surface area contributed by atoms with Crippen LogP contribution in [0.4, 0.5) is 5.69 Å². The van der Waals surface area contributed by atoms with Gasteiger partial charge < -0.3 is 25.3 Å². The highest BCUT2D eigenvalue weighted by Crippen LogP contribution is 2.36. The number of nitrogens with one attached hydrogen (secondary N) is 1. The third kappa shape index (κ3) is 3.89. The van der Waals surface area contributed by atoms with Crippen LogP contribution in [0.2, 0.25) is 0 Å². The number of piperazine rings is 1. The number of hydrazine groups is 1. The molecule has 0 saturated carbocycles. The van der Waals surface area contributed by atoms with Crippen LogP contribution < -0.4 is 20.8 Å². The molecule has 0 bridgehead atoms. The van der Waals surface area contributed by atoms with E-state index >= 15 is 0 Å². The van der Waals surface area contributed by atoms with Crippen molar-refractivity contribution in [1.29, 1.82) is 0 Å². The molecule has 3 aliphatic rings. The van der Waals surface area contributed by atoms with E-state index in [1.54, 1.807) is 0 Å². The van der Waals surface area contributed by atoms with Gasteiger partial charge in [-0.3, -0.25) is 5.01 Å². The maximum absolute atomic E-state index is 6.37. The zero-order valence-corrected chi connectivity index (χ0v) is 15.9. The number of hydrogen-bond donors (Lipinski definition) is 2. The van der Waals surface area contributed by atoms with E-state index in [1.165, 1.54) is 0 Å². The van der Waals surface area contributed by atoms with Crippen LogP contribution in [-0.4, -0.2) is 69.3 Å². The zero-order valence-electron chi connectivity index (χ0n) is 15.9. The van der Waals surface area contributed by atoms with Crippen LogP contribution in [-0.2, 0) is 9.47 Å². The van der Waals surface area contributed by atoms with Gasteiger partial charge in [0.1, 0.15) is 17.7 Å². The van der Waals surface area contributed by atoms with Crippen molar-refractivity contribution in [1.82, 2.24) is 10.3 Å². The highest BCUT2D eigenvalue weighted by molar-refractivity contribution is 6.06. The number of ether oxygens (including phenoxy) is 3. The third-order valence-corrected chi connectivity index (χ3v) is 5.14. The van der Waals surface area contributed by atoms with Crippen molar-refractivity contribution in [3.05, 3.63) is 23.8 Å². The molecule has 1 aromatic carbocycles. The fourth-order valence-electron chi connectivity index (χ4n) is 3.81. The Morgan fingerprint density at radius 1 is 1.26 bits per heavy atom. The van der Waals surface area contributed by atoms with Crippen LogP contribution in [0.25, 0.3) is 0 Å². The van der Waals surface area contributed by atoms with Crippen LogP contribution in [0.1, 0.15) is 25.3 Å². The van der Waals surface area contributed by atoms with Crippen LogP contribution in [0.5, 0.6) is 5.75 Å². The summed E-state index contributed by atoms with van der Waals surface area (Å²) in [7, 11) is 0. The maximum atomic E-state index is 6.37. The fourth-order valence-corrected chi connectivity index (χ4v) is 3.81. The molecule has 3 N–H and O–H groups in total. The molecule has 0 spiro atoms. The molecule has 8 heteroatoms. The monoisotopic (exact) mass is 375 g/mol. The lowest BCUT2D eigenvalue weighted by Crippen LogP contribution is -2.58. The van der Waals surface area contributed by atoms with Crippen molar-refractivity contribution >= 4 is 11.5 Å². The van der Waals surface area contributed by atoms with Gasteiger partial charge in [-0.2, -0.15) is 0 Å². The lowest BCUT2D eigenvalue weighted by molar-refractivity contribution is 0.0176. The Bertz CT molecular complexity index is 671. The lowest BCUT2D eigenvalue weighted by atomic mass is 10.1. The molecule has 1 aromatic rings. The van der Waals surface area contributed by atoms with E-state index in [0.717, 1.165) is 69.2 Å². The Morgan fingerprint density at radius 2 is 2.04 bits per heavy atom.